The average molecular weight is 486 g/mol. The monoisotopic (exact) mass is 485 g/mol. The standard InChI is InChI=1S/C25H27N3O3S.ClH/c29-23-7-6-22(20-9-16-32-25(20)23)28-13-11-27(12-14-28)10-1-2-15-31-19-5-3-18-4-8-24(30)26-21(18)17-19;/h3-9,16-17,29H,1-2,10-15H2,(H,26,30);1H. The Balaban J connectivity index is 0.00000259. The molecular formula is C25H28ClN3O3S. The second-order valence-corrected chi connectivity index (χ2v) is 9.14. The second-order valence-electron chi connectivity index (χ2n) is 8.22. The summed E-state index contributed by atoms with van der Waals surface area (Å²) in [6.07, 6.45) is 2.09. The summed E-state index contributed by atoms with van der Waals surface area (Å²) >= 11 is 1.59. The van der Waals surface area contributed by atoms with Crippen LogP contribution in [-0.4, -0.2) is 54.3 Å². The maximum atomic E-state index is 11.5. The Bertz CT molecular complexity index is 1280. The van der Waals surface area contributed by atoms with Crippen LogP contribution in [0.1, 0.15) is 12.8 Å². The molecule has 174 valence electrons. The molecule has 33 heavy (non-hydrogen) atoms. The van der Waals surface area contributed by atoms with Gasteiger partial charge in [0, 0.05) is 49.4 Å². The highest BCUT2D eigenvalue weighted by Gasteiger charge is 2.19. The molecule has 0 atom stereocenters. The summed E-state index contributed by atoms with van der Waals surface area (Å²) in [6, 6.07) is 15.1. The number of nitrogens with zero attached hydrogens (tertiary/aromatic N) is 2. The van der Waals surface area contributed by atoms with Gasteiger partial charge in [-0.1, -0.05) is 0 Å². The van der Waals surface area contributed by atoms with E-state index in [1.165, 1.54) is 11.8 Å². The zero-order chi connectivity index (χ0) is 21.9. The first kappa shape index (κ1) is 23.4. The van der Waals surface area contributed by atoms with Gasteiger partial charge in [0.25, 0.3) is 0 Å². The van der Waals surface area contributed by atoms with E-state index in [9.17, 15) is 9.90 Å². The van der Waals surface area contributed by atoms with E-state index in [0.717, 1.165) is 72.3 Å². The summed E-state index contributed by atoms with van der Waals surface area (Å²) in [5.41, 5.74) is 1.94. The predicted molar refractivity (Wildman–Crippen MR) is 139 cm³/mol. The quantitative estimate of drug-likeness (QED) is 0.366. The number of unbranched alkanes of at least 4 members (excludes halogenated alkanes) is 1. The molecular weight excluding hydrogens is 458 g/mol. The first-order valence-corrected chi connectivity index (χ1v) is 12.0. The SMILES string of the molecule is Cl.O=c1ccc2ccc(OCCCCN3CCN(c4ccc(O)c5sccc45)CC3)cc2[nH]1. The lowest BCUT2D eigenvalue weighted by atomic mass is 10.1. The zero-order valence-corrected chi connectivity index (χ0v) is 20.0. The van der Waals surface area contributed by atoms with Crippen molar-refractivity contribution in [1.29, 1.82) is 0 Å². The molecule has 2 aromatic carbocycles. The van der Waals surface area contributed by atoms with Gasteiger partial charge >= 0.3 is 0 Å². The summed E-state index contributed by atoms with van der Waals surface area (Å²) in [7, 11) is 0. The molecule has 0 radical (unpaired) electrons. The van der Waals surface area contributed by atoms with E-state index in [0.29, 0.717) is 12.4 Å². The summed E-state index contributed by atoms with van der Waals surface area (Å²) in [5.74, 6) is 1.16. The fourth-order valence-electron chi connectivity index (χ4n) is 4.37. The number of H-pyrrole nitrogens is 1. The van der Waals surface area contributed by atoms with Crippen LogP contribution in [0.15, 0.2) is 58.7 Å². The van der Waals surface area contributed by atoms with E-state index < -0.39 is 0 Å². The summed E-state index contributed by atoms with van der Waals surface area (Å²) in [5, 5.41) is 14.3. The van der Waals surface area contributed by atoms with Crippen molar-refractivity contribution in [3.05, 3.63) is 64.3 Å². The van der Waals surface area contributed by atoms with Crippen molar-refractivity contribution in [2.45, 2.75) is 12.8 Å². The van der Waals surface area contributed by atoms with Crippen molar-refractivity contribution >= 4 is 50.4 Å². The molecule has 2 aromatic heterocycles. The Hall–Kier alpha value is -2.74. The molecule has 0 unspecified atom stereocenters. The van der Waals surface area contributed by atoms with E-state index in [-0.39, 0.29) is 18.0 Å². The normalized spacial score (nSPS) is 14.5. The Labute approximate surface area is 202 Å². The van der Waals surface area contributed by atoms with Crippen molar-refractivity contribution < 1.29 is 9.84 Å². The van der Waals surface area contributed by atoms with E-state index in [1.54, 1.807) is 11.3 Å². The van der Waals surface area contributed by atoms with Gasteiger partial charge in [0.15, 0.2) is 0 Å². The minimum atomic E-state index is -0.0973. The molecule has 5 rings (SSSR count). The minimum Gasteiger partial charge on any atom is -0.506 e. The molecule has 1 aliphatic heterocycles. The van der Waals surface area contributed by atoms with Crippen LogP contribution in [0.5, 0.6) is 11.5 Å². The number of hydrogen-bond acceptors (Lipinski definition) is 6. The molecule has 0 spiro atoms. The Morgan fingerprint density at radius 2 is 1.82 bits per heavy atom. The van der Waals surface area contributed by atoms with E-state index in [4.69, 9.17) is 4.74 Å². The van der Waals surface area contributed by atoms with Gasteiger partial charge in [-0.3, -0.25) is 9.69 Å². The van der Waals surface area contributed by atoms with Gasteiger partial charge in [0.05, 0.1) is 16.8 Å². The Morgan fingerprint density at radius 1 is 1.00 bits per heavy atom. The van der Waals surface area contributed by atoms with Crippen LogP contribution >= 0.6 is 23.7 Å². The summed E-state index contributed by atoms with van der Waals surface area (Å²) in [6.45, 7) is 5.84. The Kier molecular flexibility index (Phi) is 7.42. The van der Waals surface area contributed by atoms with Crippen molar-refractivity contribution in [3.8, 4) is 11.5 Å². The van der Waals surface area contributed by atoms with Crippen molar-refractivity contribution in [3.63, 3.8) is 0 Å². The third-order valence-electron chi connectivity index (χ3n) is 6.12. The number of piperazine rings is 1. The van der Waals surface area contributed by atoms with Crippen molar-refractivity contribution in [2.75, 3.05) is 44.2 Å². The average Bonchev–Trinajstić information content (AvgIpc) is 3.30. The van der Waals surface area contributed by atoms with Gasteiger partial charge in [0.2, 0.25) is 5.56 Å². The number of phenolic OH excluding ortho intramolecular Hbond substituents is 1. The highest BCUT2D eigenvalue weighted by atomic mass is 35.5. The number of fused-ring (bicyclic) bond motifs is 2. The number of pyridine rings is 1. The van der Waals surface area contributed by atoms with E-state index in [1.807, 2.05) is 41.8 Å². The fourth-order valence-corrected chi connectivity index (χ4v) is 5.20. The fraction of sp³-hybridized carbons (Fsp3) is 0.320. The highest BCUT2D eigenvalue weighted by molar-refractivity contribution is 7.17. The largest absolute Gasteiger partial charge is 0.506 e. The van der Waals surface area contributed by atoms with Gasteiger partial charge in [-0.2, -0.15) is 0 Å². The molecule has 1 aliphatic rings. The maximum absolute atomic E-state index is 11.5. The zero-order valence-electron chi connectivity index (χ0n) is 18.3. The van der Waals surface area contributed by atoms with Crippen LogP contribution in [0.2, 0.25) is 0 Å². The molecule has 6 nitrogen and oxygen atoms in total. The molecule has 8 heteroatoms. The van der Waals surface area contributed by atoms with Crippen LogP contribution < -0.4 is 15.2 Å². The van der Waals surface area contributed by atoms with Gasteiger partial charge in [-0.25, -0.2) is 0 Å². The molecule has 0 amide bonds. The highest BCUT2D eigenvalue weighted by Crippen LogP contribution is 2.37. The number of thiophene rings is 1. The molecule has 1 saturated heterocycles. The molecule has 3 heterocycles. The number of aromatic hydroxyl groups is 1. The number of anilines is 1. The van der Waals surface area contributed by atoms with Gasteiger partial charge in [0.1, 0.15) is 11.5 Å². The third-order valence-corrected chi connectivity index (χ3v) is 7.06. The van der Waals surface area contributed by atoms with Crippen LogP contribution in [0, 0.1) is 0 Å². The van der Waals surface area contributed by atoms with Gasteiger partial charge in [-0.15, -0.1) is 23.7 Å². The summed E-state index contributed by atoms with van der Waals surface area (Å²) < 4.78 is 6.87. The first-order valence-electron chi connectivity index (χ1n) is 11.1. The topological polar surface area (TPSA) is 68.8 Å². The summed E-state index contributed by atoms with van der Waals surface area (Å²) in [4.78, 5) is 19.3. The molecule has 4 aromatic rings. The molecule has 0 aliphatic carbocycles. The van der Waals surface area contributed by atoms with Crippen LogP contribution in [-0.2, 0) is 0 Å². The molecule has 0 saturated carbocycles. The predicted octanol–water partition coefficient (Wildman–Crippen LogP) is 4.85. The van der Waals surface area contributed by atoms with Crippen LogP contribution in [0.4, 0.5) is 5.69 Å². The van der Waals surface area contributed by atoms with Crippen LogP contribution in [0.3, 0.4) is 0 Å². The van der Waals surface area contributed by atoms with E-state index in [2.05, 4.69) is 20.9 Å². The number of aromatic nitrogens is 1. The van der Waals surface area contributed by atoms with Crippen molar-refractivity contribution in [1.82, 2.24) is 9.88 Å². The molecule has 2 N–H and O–H groups in total. The number of aromatic amines is 1. The lowest BCUT2D eigenvalue weighted by molar-refractivity contribution is 0.239. The molecule has 0 bridgehead atoms. The van der Waals surface area contributed by atoms with E-state index >= 15 is 0 Å². The third kappa shape index (κ3) is 5.27. The number of hydrogen-bond donors (Lipinski definition) is 2. The number of nitrogens with one attached hydrogen (secondary N) is 1. The Morgan fingerprint density at radius 3 is 2.67 bits per heavy atom. The first-order chi connectivity index (χ1) is 15.7. The number of halogens is 1. The lowest BCUT2D eigenvalue weighted by Gasteiger charge is -2.36. The number of phenols is 1. The number of benzene rings is 2. The lowest BCUT2D eigenvalue weighted by Crippen LogP contribution is -2.46. The molecule has 1 fully saturated rings. The minimum absolute atomic E-state index is 0. The smallest absolute Gasteiger partial charge is 0.248 e. The second kappa shape index (κ2) is 10.5. The van der Waals surface area contributed by atoms with Gasteiger partial charge in [-0.05, 0) is 66.6 Å². The maximum Gasteiger partial charge on any atom is 0.248 e. The number of rotatable bonds is 7. The van der Waals surface area contributed by atoms with Gasteiger partial charge < -0.3 is 19.7 Å². The number of ether oxygens (including phenoxy) is 1. The van der Waals surface area contributed by atoms with Crippen molar-refractivity contribution in [2.24, 2.45) is 0 Å². The van der Waals surface area contributed by atoms with Crippen LogP contribution in [0.25, 0.3) is 21.0 Å².